The molecule has 5 heteroatoms. The van der Waals surface area contributed by atoms with E-state index in [2.05, 4.69) is 169 Å². The minimum atomic E-state index is 0.605. The summed E-state index contributed by atoms with van der Waals surface area (Å²) in [6.07, 6.45) is 3.81. The molecule has 0 saturated carbocycles. The Bertz CT molecular complexity index is 3900. The molecule has 0 bridgehead atoms. The van der Waals surface area contributed by atoms with Crippen molar-refractivity contribution in [3.05, 3.63) is 213 Å². The number of hydrogen-bond acceptors (Lipinski definition) is 5. The summed E-state index contributed by atoms with van der Waals surface area (Å²) in [5.41, 5.74) is 10.1. The Balaban J connectivity index is 1.09. The quantitative estimate of drug-likeness (QED) is 0.156. The Morgan fingerprint density at radius 2 is 0.828 bits per heavy atom. The molecule has 0 atom stereocenters. The third-order valence-electron chi connectivity index (χ3n) is 12.7. The molecular weight excluding hydrogens is 779 g/mol. The van der Waals surface area contributed by atoms with Crippen molar-refractivity contribution in [3.8, 4) is 67.7 Å². The maximum absolute atomic E-state index is 5.30. The molecular formula is C59H35N5. The predicted octanol–water partition coefficient (Wildman–Crippen LogP) is 15.0. The molecule has 0 aliphatic heterocycles. The van der Waals surface area contributed by atoms with Crippen molar-refractivity contribution in [3.63, 3.8) is 0 Å². The molecule has 0 amide bonds. The fourth-order valence-electron chi connectivity index (χ4n) is 9.78. The van der Waals surface area contributed by atoms with Gasteiger partial charge in [-0.3, -0.25) is 4.98 Å². The highest BCUT2D eigenvalue weighted by molar-refractivity contribution is 6.26. The van der Waals surface area contributed by atoms with Gasteiger partial charge in [-0.1, -0.05) is 164 Å². The van der Waals surface area contributed by atoms with Crippen LogP contribution in [-0.2, 0) is 0 Å². The van der Waals surface area contributed by atoms with Crippen molar-refractivity contribution in [1.82, 2.24) is 24.9 Å². The van der Waals surface area contributed by atoms with Gasteiger partial charge in [-0.25, -0.2) is 19.9 Å². The van der Waals surface area contributed by atoms with Gasteiger partial charge in [0.25, 0.3) is 0 Å². The molecule has 296 valence electrons. The summed E-state index contributed by atoms with van der Waals surface area (Å²) < 4.78 is 0. The smallest absolute Gasteiger partial charge is 0.164 e. The van der Waals surface area contributed by atoms with E-state index in [1.165, 1.54) is 32.3 Å². The van der Waals surface area contributed by atoms with E-state index < -0.39 is 0 Å². The highest BCUT2D eigenvalue weighted by atomic mass is 15.0. The fourth-order valence-corrected chi connectivity index (χ4v) is 9.78. The predicted molar refractivity (Wildman–Crippen MR) is 264 cm³/mol. The van der Waals surface area contributed by atoms with Gasteiger partial charge in [-0.15, -0.1) is 0 Å². The van der Waals surface area contributed by atoms with Gasteiger partial charge in [-0.05, 0) is 107 Å². The lowest BCUT2D eigenvalue weighted by Crippen LogP contribution is -2.00. The first-order valence-corrected chi connectivity index (χ1v) is 21.6. The summed E-state index contributed by atoms with van der Waals surface area (Å²) in [6.45, 7) is 0. The number of aromatic nitrogens is 5. The van der Waals surface area contributed by atoms with Crippen LogP contribution in [0.25, 0.3) is 132 Å². The van der Waals surface area contributed by atoms with Crippen LogP contribution in [0.1, 0.15) is 0 Å². The number of nitrogens with zero attached hydrogens (tertiary/aromatic N) is 5. The average Bonchev–Trinajstić information content (AvgIpc) is 3.37. The highest BCUT2D eigenvalue weighted by Crippen LogP contribution is 2.44. The van der Waals surface area contributed by atoms with E-state index in [1.807, 2.05) is 48.8 Å². The van der Waals surface area contributed by atoms with Crippen LogP contribution in [0.15, 0.2) is 213 Å². The summed E-state index contributed by atoms with van der Waals surface area (Å²) >= 11 is 0. The first-order valence-electron chi connectivity index (χ1n) is 21.6. The molecule has 0 aliphatic carbocycles. The first kappa shape index (κ1) is 36.0. The molecule has 64 heavy (non-hydrogen) atoms. The van der Waals surface area contributed by atoms with E-state index in [1.54, 1.807) is 0 Å². The molecule has 13 rings (SSSR count). The molecule has 13 aromatic rings. The topological polar surface area (TPSA) is 64.5 Å². The molecule has 3 aromatic heterocycles. The molecule has 0 N–H and O–H groups in total. The fraction of sp³-hybridized carbons (Fsp3) is 0. The SMILES string of the molecule is c1ccc(-c2nc(-c3ccccc3)nc(-c3cc(-c4cccc5c(-c6nc7ccccc7c7ccncc67)cccc45)cc(-c4cc5cccc6ccc7cccc4c7c65)c3)n2)cc1. The zero-order chi connectivity index (χ0) is 42.1. The number of fused-ring (bicyclic) bond motifs is 4. The molecule has 0 spiro atoms. The number of para-hydroxylation sites is 1. The van der Waals surface area contributed by atoms with Gasteiger partial charge >= 0.3 is 0 Å². The third-order valence-corrected chi connectivity index (χ3v) is 12.7. The number of pyridine rings is 2. The molecule has 0 saturated heterocycles. The van der Waals surface area contributed by atoms with E-state index in [9.17, 15) is 0 Å². The molecule has 3 heterocycles. The van der Waals surface area contributed by atoms with Crippen molar-refractivity contribution in [1.29, 1.82) is 0 Å². The highest BCUT2D eigenvalue weighted by Gasteiger charge is 2.20. The molecule has 5 nitrogen and oxygen atoms in total. The van der Waals surface area contributed by atoms with Crippen molar-refractivity contribution in [2.75, 3.05) is 0 Å². The van der Waals surface area contributed by atoms with Crippen LogP contribution < -0.4 is 0 Å². The second-order valence-electron chi connectivity index (χ2n) is 16.4. The second kappa shape index (κ2) is 14.5. The lowest BCUT2D eigenvalue weighted by Gasteiger charge is -2.18. The summed E-state index contributed by atoms with van der Waals surface area (Å²) in [5, 5.41) is 13.0. The van der Waals surface area contributed by atoms with Crippen molar-refractivity contribution < 1.29 is 0 Å². The zero-order valence-corrected chi connectivity index (χ0v) is 34.4. The van der Waals surface area contributed by atoms with Gasteiger partial charge in [0.1, 0.15) is 0 Å². The van der Waals surface area contributed by atoms with Crippen LogP contribution in [0.4, 0.5) is 0 Å². The Morgan fingerprint density at radius 3 is 1.58 bits per heavy atom. The molecule has 0 radical (unpaired) electrons. The zero-order valence-electron chi connectivity index (χ0n) is 34.4. The Labute approximate surface area is 368 Å². The van der Waals surface area contributed by atoms with Gasteiger partial charge in [0.05, 0.1) is 11.2 Å². The van der Waals surface area contributed by atoms with Crippen LogP contribution >= 0.6 is 0 Å². The van der Waals surface area contributed by atoms with Crippen LogP contribution in [0.3, 0.4) is 0 Å². The van der Waals surface area contributed by atoms with Gasteiger partial charge in [-0.2, -0.15) is 0 Å². The average molecular weight is 814 g/mol. The van der Waals surface area contributed by atoms with Crippen molar-refractivity contribution >= 4 is 64.8 Å². The minimum absolute atomic E-state index is 0.605. The number of hydrogen-bond donors (Lipinski definition) is 0. The monoisotopic (exact) mass is 813 g/mol. The van der Waals surface area contributed by atoms with Crippen LogP contribution in [-0.4, -0.2) is 24.9 Å². The van der Waals surface area contributed by atoms with E-state index in [0.717, 1.165) is 82.6 Å². The van der Waals surface area contributed by atoms with Crippen LogP contribution in [0.2, 0.25) is 0 Å². The lowest BCUT2D eigenvalue weighted by atomic mass is 9.87. The normalized spacial score (nSPS) is 11.8. The van der Waals surface area contributed by atoms with Crippen molar-refractivity contribution in [2.45, 2.75) is 0 Å². The van der Waals surface area contributed by atoms with E-state index in [-0.39, 0.29) is 0 Å². The van der Waals surface area contributed by atoms with E-state index >= 15 is 0 Å². The van der Waals surface area contributed by atoms with Gasteiger partial charge < -0.3 is 0 Å². The number of rotatable bonds is 6. The molecule has 0 unspecified atom stereocenters. The van der Waals surface area contributed by atoms with Gasteiger partial charge in [0.2, 0.25) is 0 Å². The maximum atomic E-state index is 5.30. The Hall–Kier alpha value is -8.67. The Morgan fingerprint density at radius 1 is 0.281 bits per heavy atom. The maximum Gasteiger partial charge on any atom is 0.164 e. The van der Waals surface area contributed by atoms with Crippen molar-refractivity contribution in [2.24, 2.45) is 0 Å². The Kier molecular flexibility index (Phi) is 8.15. The third kappa shape index (κ3) is 5.83. The van der Waals surface area contributed by atoms with E-state index in [4.69, 9.17) is 19.9 Å². The number of benzene rings is 10. The van der Waals surface area contributed by atoms with Gasteiger partial charge in [0, 0.05) is 45.4 Å². The van der Waals surface area contributed by atoms with Crippen LogP contribution in [0, 0.1) is 0 Å². The minimum Gasteiger partial charge on any atom is -0.264 e. The largest absolute Gasteiger partial charge is 0.264 e. The lowest BCUT2D eigenvalue weighted by molar-refractivity contribution is 1.07. The first-order chi connectivity index (χ1) is 31.7. The van der Waals surface area contributed by atoms with Gasteiger partial charge in [0.15, 0.2) is 17.5 Å². The second-order valence-corrected chi connectivity index (χ2v) is 16.4. The summed E-state index contributed by atoms with van der Waals surface area (Å²) in [7, 11) is 0. The van der Waals surface area contributed by atoms with E-state index in [0.29, 0.717) is 17.5 Å². The molecule has 10 aromatic carbocycles. The van der Waals surface area contributed by atoms with Crippen LogP contribution in [0.5, 0.6) is 0 Å². The summed E-state index contributed by atoms with van der Waals surface area (Å²) in [5.74, 6) is 1.85. The summed E-state index contributed by atoms with van der Waals surface area (Å²) in [4.78, 5) is 25.4. The molecule has 0 aliphatic rings. The molecule has 0 fully saturated rings. The summed E-state index contributed by atoms with van der Waals surface area (Å²) in [6, 6.07) is 70.9. The standard InChI is InChI=1S/C59H35N5/c1-3-13-38(14-4-1)57-62-58(39-15-5-2-6-16-39)64-59(63-57)43-32-41(31-42(33-43)51-34-40-19-9-17-36-27-28-37-18-10-24-49(51)55(37)54(36)40)44-21-11-23-46-45(44)22-12-25-50(46)56-52-35-60-30-29-47(52)48-20-7-8-26-53(48)61-56/h1-35H.